The topological polar surface area (TPSA) is 17.1 Å². The molecular formula is C14H17BrFNO. The molecule has 0 spiro atoms. The summed E-state index contributed by atoms with van der Waals surface area (Å²) in [6.07, 6.45) is 1.64. The van der Waals surface area contributed by atoms with Crippen molar-refractivity contribution in [3.05, 3.63) is 35.9 Å². The maximum atomic E-state index is 14.1. The Morgan fingerprint density at radius 1 is 1.06 bits per heavy atom. The number of quaternary nitrogens is 1. The van der Waals surface area contributed by atoms with Gasteiger partial charge in [-0.25, -0.2) is 9.18 Å². The predicted molar refractivity (Wildman–Crippen MR) is 63.3 cm³/mol. The van der Waals surface area contributed by atoms with Crippen molar-refractivity contribution in [3.8, 4) is 0 Å². The van der Waals surface area contributed by atoms with E-state index in [9.17, 15) is 9.18 Å². The first-order valence-electron chi connectivity index (χ1n) is 6.29. The Labute approximate surface area is 117 Å². The van der Waals surface area contributed by atoms with Gasteiger partial charge in [0.2, 0.25) is 0 Å². The minimum atomic E-state index is -0.975. The van der Waals surface area contributed by atoms with Gasteiger partial charge < -0.3 is 17.0 Å². The molecule has 3 aliphatic rings. The minimum absolute atomic E-state index is 0. The summed E-state index contributed by atoms with van der Waals surface area (Å²) < 4.78 is 14.5. The number of amides is 1. The summed E-state index contributed by atoms with van der Waals surface area (Å²) in [5, 5.41) is 0. The number of benzene rings is 1. The van der Waals surface area contributed by atoms with Crippen LogP contribution in [0.1, 0.15) is 29.6 Å². The Balaban J connectivity index is 0.00000120. The van der Waals surface area contributed by atoms with Crippen LogP contribution in [0, 0.1) is 0 Å². The predicted octanol–water partition coefficient (Wildman–Crippen LogP) is -0.447. The molecule has 4 rings (SSSR count). The van der Waals surface area contributed by atoms with Gasteiger partial charge in [0.15, 0.2) is 0 Å². The minimum Gasteiger partial charge on any atom is -1.00 e. The molecule has 0 N–H and O–H groups in total. The summed E-state index contributed by atoms with van der Waals surface area (Å²) in [7, 11) is 0. The molecule has 4 heteroatoms. The third-order valence-corrected chi connectivity index (χ3v) is 4.42. The number of halogens is 2. The van der Waals surface area contributed by atoms with Gasteiger partial charge in [0, 0.05) is 19.3 Å². The number of fused-ring (bicyclic) bond motifs is 3. The van der Waals surface area contributed by atoms with Crippen LogP contribution in [0.5, 0.6) is 0 Å². The SMILES string of the molecule is O=C(c1ccccc1)[N+]12CCC(F)(CC1)CC2.[Br-]. The van der Waals surface area contributed by atoms with Gasteiger partial charge in [0.05, 0.1) is 25.2 Å². The fraction of sp³-hybridized carbons (Fsp3) is 0.500. The van der Waals surface area contributed by atoms with Crippen LogP contribution < -0.4 is 17.0 Å². The fourth-order valence-corrected chi connectivity index (χ4v) is 3.11. The number of nitrogens with zero attached hydrogens (tertiary/aromatic N) is 1. The average molecular weight is 314 g/mol. The molecule has 3 fully saturated rings. The third kappa shape index (κ3) is 2.12. The first kappa shape index (κ1) is 13.7. The van der Waals surface area contributed by atoms with Gasteiger partial charge in [-0.05, 0) is 12.1 Å². The molecule has 18 heavy (non-hydrogen) atoms. The van der Waals surface area contributed by atoms with Crippen molar-refractivity contribution in [3.63, 3.8) is 0 Å². The molecule has 0 saturated carbocycles. The first-order valence-corrected chi connectivity index (χ1v) is 6.29. The summed E-state index contributed by atoms with van der Waals surface area (Å²) >= 11 is 0. The maximum Gasteiger partial charge on any atom is 0.345 e. The highest BCUT2D eigenvalue weighted by atomic mass is 79.9. The molecule has 0 radical (unpaired) electrons. The van der Waals surface area contributed by atoms with Crippen LogP contribution >= 0.6 is 0 Å². The van der Waals surface area contributed by atoms with Crippen molar-refractivity contribution in [2.24, 2.45) is 0 Å². The van der Waals surface area contributed by atoms with E-state index in [-0.39, 0.29) is 22.9 Å². The molecule has 0 atom stereocenters. The number of rotatable bonds is 1. The molecule has 98 valence electrons. The van der Waals surface area contributed by atoms with Gasteiger partial charge in [0.25, 0.3) is 0 Å². The van der Waals surface area contributed by atoms with E-state index >= 15 is 0 Å². The van der Waals surface area contributed by atoms with Crippen LogP contribution in [-0.2, 0) is 0 Å². The molecule has 2 bridgehead atoms. The van der Waals surface area contributed by atoms with Crippen LogP contribution in [0.25, 0.3) is 0 Å². The Kier molecular flexibility index (Phi) is 3.60. The monoisotopic (exact) mass is 313 g/mol. The number of hydrogen-bond donors (Lipinski definition) is 0. The zero-order valence-electron chi connectivity index (χ0n) is 10.2. The van der Waals surface area contributed by atoms with E-state index in [0.29, 0.717) is 43.4 Å². The fourth-order valence-electron chi connectivity index (χ4n) is 3.11. The number of carbonyl (C=O) groups is 1. The highest BCUT2D eigenvalue weighted by Gasteiger charge is 2.53. The normalized spacial score (nSPS) is 33.8. The van der Waals surface area contributed by atoms with Gasteiger partial charge >= 0.3 is 5.91 Å². The molecule has 0 unspecified atom stereocenters. The number of carbonyl (C=O) groups excluding carboxylic acids is 1. The van der Waals surface area contributed by atoms with Crippen LogP contribution in [0.2, 0.25) is 0 Å². The Morgan fingerprint density at radius 2 is 1.56 bits per heavy atom. The average Bonchev–Trinajstić information content (AvgIpc) is 2.40. The van der Waals surface area contributed by atoms with Crippen molar-refractivity contribution in [2.45, 2.75) is 24.9 Å². The second-order valence-corrected chi connectivity index (χ2v) is 5.39. The van der Waals surface area contributed by atoms with Crippen molar-refractivity contribution >= 4 is 5.91 Å². The Hall–Kier alpha value is -0.740. The summed E-state index contributed by atoms with van der Waals surface area (Å²) in [6, 6.07) is 9.41. The van der Waals surface area contributed by atoms with Gasteiger partial charge in [0.1, 0.15) is 5.67 Å². The van der Waals surface area contributed by atoms with Gasteiger partial charge in [-0.1, -0.05) is 18.2 Å². The number of piperidine rings is 3. The van der Waals surface area contributed by atoms with E-state index in [4.69, 9.17) is 0 Å². The van der Waals surface area contributed by atoms with E-state index in [1.807, 2.05) is 30.3 Å². The lowest BCUT2D eigenvalue weighted by Crippen LogP contribution is -3.00. The van der Waals surface area contributed by atoms with Crippen molar-refractivity contribution < 1.29 is 30.6 Å². The van der Waals surface area contributed by atoms with E-state index in [0.717, 1.165) is 5.56 Å². The van der Waals surface area contributed by atoms with Gasteiger partial charge in [-0.15, -0.1) is 0 Å². The van der Waals surface area contributed by atoms with Crippen LogP contribution in [0.4, 0.5) is 4.39 Å². The quantitative estimate of drug-likeness (QED) is 0.642. The second-order valence-electron chi connectivity index (χ2n) is 5.39. The Morgan fingerprint density at radius 3 is 2.06 bits per heavy atom. The van der Waals surface area contributed by atoms with Crippen LogP contribution in [0.15, 0.2) is 30.3 Å². The second kappa shape index (κ2) is 4.74. The van der Waals surface area contributed by atoms with Crippen LogP contribution in [0.3, 0.4) is 0 Å². The summed E-state index contributed by atoms with van der Waals surface area (Å²) in [6.45, 7) is 2.01. The summed E-state index contributed by atoms with van der Waals surface area (Å²) in [5.41, 5.74) is -0.211. The zero-order chi connectivity index (χ0) is 11.9. The lowest BCUT2D eigenvalue weighted by atomic mass is 9.82. The van der Waals surface area contributed by atoms with Crippen LogP contribution in [-0.4, -0.2) is 35.7 Å². The van der Waals surface area contributed by atoms with E-state index in [1.54, 1.807) is 0 Å². The smallest absolute Gasteiger partial charge is 0.345 e. The molecule has 3 heterocycles. The molecule has 1 amide bonds. The molecular weight excluding hydrogens is 297 g/mol. The Bertz CT molecular complexity index is 424. The maximum absolute atomic E-state index is 14.1. The van der Waals surface area contributed by atoms with Gasteiger partial charge in [-0.3, -0.25) is 4.48 Å². The number of alkyl halides is 1. The molecule has 0 aliphatic carbocycles. The van der Waals surface area contributed by atoms with Crippen molar-refractivity contribution in [2.75, 3.05) is 19.6 Å². The molecule has 3 aliphatic heterocycles. The lowest BCUT2D eigenvalue weighted by Gasteiger charge is -2.49. The largest absolute Gasteiger partial charge is 1.00 e. The molecule has 2 nitrogen and oxygen atoms in total. The van der Waals surface area contributed by atoms with E-state index < -0.39 is 5.67 Å². The zero-order valence-corrected chi connectivity index (χ0v) is 11.8. The third-order valence-electron chi connectivity index (χ3n) is 4.42. The van der Waals surface area contributed by atoms with E-state index in [2.05, 4.69) is 0 Å². The molecule has 3 saturated heterocycles. The van der Waals surface area contributed by atoms with Gasteiger partial charge in [-0.2, -0.15) is 0 Å². The standard InChI is InChI=1S/C14H17FNO.BrH/c15-14-6-9-16(10-7-14,11-8-14)13(17)12-4-2-1-3-5-12;/h1-5H,6-11H2;1H/q+1;/p-1. The van der Waals surface area contributed by atoms with Crippen molar-refractivity contribution in [1.82, 2.24) is 0 Å². The molecule has 1 aromatic carbocycles. The summed E-state index contributed by atoms with van der Waals surface area (Å²) in [5.74, 6) is 0.173. The number of hydrogen-bond acceptors (Lipinski definition) is 1. The lowest BCUT2D eigenvalue weighted by molar-refractivity contribution is -0.868. The summed E-state index contributed by atoms with van der Waals surface area (Å²) in [4.78, 5) is 12.5. The molecule has 0 aromatic heterocycles. The van der Waals surface area contributed by atoms with E-state index in [1.165, 1.54) is 0 Å². The first-order chi connectivity index (χ1) is 8.14. The molecule has 1 aromatic rings. The highest BCUT2D eigenvalue weighted by Crippen LogP contribution is 2.40. The van der Waals surface area contributed by atoms with Crippen molar-refractivity contribution in [1.29, 1.82) is 0 Å². The highest BCUT2D eigenvalue weighted by molar-refractivity contribution is 5.89.